The fourth-order valence-electron chi connectivity index (χ4n) is 8.66. The number of sulfonamides is 1. The number of aryl methyl sites for hydroxylation is 1. The molecule has 1 saturated heterocycles. The second-order valence-electron chi connectivity index (χ2n) is 16.6. The SMILES string of the molecule is Cc1cc(-c2cc(O[C@@H]3C[C@H]4C(=O)N[C@]5(C(=O)NS(=O)(=O)C6CC6)C[C@@H]5/C=C\CCCCC[C@H](NC(=O)OC5CCCC5)C(=O)N4C3)n3nc4ccccc4c3n2)no1. The second kappa shape index (κ2) is 15.6. The van der Waals surface area contributed by atoms with Crippen LogP contribution in [0.15, 0.2) is 53.1 Å². The van der Waals surface area contributed by atoms with Gasteiger partial charge in [-0.05, 0) is 83.3 Å². The molecule has 5 atom stereocenters. The zero-order valence-corrected chi connectivity index (χ0v) is 33.6. The average Bonchev–Trinajstić information content (AvgIpc) is 3.89. The Kier molecular flexibility index (Phi) is 10.3. The van der Waals surface area contributed by atoms with E-state index in [1.807, 2.05) is 36.4 Å². The third-order valence-corrected chi connectivity index (χ3v) is 14.0. The molecule has 0 spiro atoms. The highest BCUT2D eigenvalue weighted by molar-refractivity contribution is 7.91. The van der Waals surface area contributed by atoms with Crippen molar-refractivity contribution >= 4 is 50.4 Å². The number of benzene rings is 1. The van der Waals surface area contributed by atoms with E-state index in [1.54, 1.807) is 23.6 Å². The molecule has 9 rings (SSSR count). The summed E-state index contributed by atoms with van der Waals surface area (Å²) in [6, 6.07) is 8.79. The lowest BCUT2D eigenvalue weighted by molar-refractivity contribution is -0.141. The lowest BCUT2D eigenvalue weighted by Gasteiger charge is -2.30. The highest BCUT2D eigenvalue weighted by atomic mass is 32.2. The van der Waals surface area contributed by atoms with E-state index in [2.05, 4.69) is 20.5 Å². The Hall–Kier alpha value is -5.52. The van der Waals surface area contributed by atoms with Crippen LogP contribution < -0.4 is 20.1 Å². The Morgan fingerprint density at radius 3 is 2.56 bits per heavy atom. The van der Waals surface area contributed by atoms with Crippen molar-refractivity contribution in [3.05, 3.63) is 54.3 Å². The molecule has 4 aromatic rings. The van der Waals surface area contributed by atoms with Crippen LogP contribution in [-0.2, 0) is 29.1 Å². The smallest absolute Gasteiger partial charge is 0.408 e. The van der Waals surface area contributed by atoms with Gasteiger partial charge in [0, 0.05) is 29.9 Å². The van der Waals surface area contributed by atoms with Crippen LogP contribution in [0.3, 0.4) is 0 Å². The number of carbonyl (C=O) groups is 4. The number of fused-ring (bicyclic) bond motifs is 5. The van der Waals surface area contributed by atoms with E-state index < -0.39 is 68.7 Å². The van der Waals surface area contributed by atoms with Crippen LogP contribution in [-0.4, -0.2) is 98.5 Å². The fourth-order valence-corrected chi connectivity index (χ4v) is 10.0. The topological polar surface area (TPSA) is 216 Å². The molecule has 18 heteroatoms. The Bertz CT molecular complexity index is 2440. The van der Waals surface area contributed by atoms with Gasteiger partial charge in [-0.25, -0.2) is 18.2 Å². The highest BCUT2D eigenvalue weighted by Crippen LogP contribution is 2.46. The van der Waals surface area contributed by atoms with Gasteiger partial charge in [-0.2, -0.15) is 9.61 Å². The molecule has 0 radical (unpaired) electrons. The standard InChI is InChI=1S/C41H48N8O9S/c1-24-19-33(46-58-24)32-21-35(49-36(42-32)29-14-9-10-15-30(29)45-49)56-27-20-34-37(50)44-41(39(52)47-59(54,55)28-17-18-28)22-25(41)11-5-3-2-4-6-16-31(38(51)48(34)23-27)43-40(53)57-26-12-7-8-13-26/h5,9-11,14-15,19,21,25-28,31,34H,2-4,6-8,12-13,16-18,20,22-23H2,1H3,(H,43,53)(H,44,50)(H,47,52)/b11-5-/t25-,27+,31-,34-,41+/m0/s1. The number of nitrogens with one attached hydrogen (secondary N) is 3. The summed E-state index contributed by atoms with van der Waals surface area (Å²) in [5.41, 5.74) is 0.590. The number of hydrogen-bond acceptors (Lipinski definition) is 12. The van der Waals surface area contributed by atoms with Crippen LogP contribution in [0.1, 0.15) is 89.2 Å². The number of allylic oxidation sites excluding steroid dienone is 1. The minimum Gasteiger partial charge on any atom is -0.472 e. The molecule has 17 nitrogen and oxygen atoms in total. The van der Waals surface area contributed by atoms with Gasteiger partial charge in [0.25, 0.3) is 5.91 Å². The molecular weight excluding hydrogens is 781 g/mol. The van der Waals surface area contributed by atoms with Gasteiger partial charge in [0.15, 0.2) is 5.65 Å². The molecule has 3 aliphatic carbocycles. The minimum absolute atomic E-state index is 0.0123. The lowest BCUT2D eigenvalue weighted by atomic mass is 10.0. The van der Waals surface area contributed by atoms with Crippen molar-refractivity contribution in [2.75, 3.05) is 6.54 Å². The summed E-state index contributed by atoms with van der Waals surface area (Å²) in [4.78, 5) is 62.7. The fraction of sp³-hybridized carbons (Fsp3) is 0.537. The number of alkyl carbamates (subject to hydrolysis) is 1. The largest absolute Gasteiger partial charge is 0.472 e. The average molecular weight is 829 g/mol. The third-order valence-electron chi connectivity index (χ3n) is 12.1. The van der Waals surface area contributed by atoms with Gasteiger partial charge in [-0.15, -0.1) is 0 Å². The Balaban J connectivity index is 1.05. The van der Waals surface area contributed by atoms with Crippen LogP contribution in [0.5, 0.6) is 5.88 Å². The molecule has 2 aliphatic heterocycles. The summed E-state index contributed by atoms with van der Waals surface area (Å²) < 4.78 is 47.4. The Labute approximate surface area is 340 Å². The Morgan fingerprint density at radius 2 is 1.78 bits per heavy atom. The highest BCUT2D eigenvalue weighted by Gasteiger charge is 2.62. The molecule has 4 fully saturated rings. The van der Waals surface area contributed by atoms with E-state index in [-0.39, 0.29) is 31.4 Å². The molecular formula is C41H48N8O9S. The van der Waals surface area contributed by atoms with Crippen molar-refractivity contribution in [1.29, 1.82) is 0 Å². The lowest BCUT2D eigenvalue weighted by Crippen LogP contribution is -2.58. The summed E-state index contributed by atoms with van der Waals surface area (Å²) in [5, 5.41) is 14.8. The molecule has 4 amide bonds. The summed E-state index contributed by atoms with van der Waals surface area (Å²) in [7, 11) is -3.91. The van der Waals surface area contributed by atoms with Gasteiger partial charge in [0.05, 0.1) is 17.3 Å². The first-order valence-electron chi connectivity index (χ1n) is 20.7. The van der Waals surface area contributed by atoms with Gasteiger partial charge in [-0.1, -0.05) is 42.3 Å². The van der Waals surface area contributed by atoms with Crippen LogP contribution >= 0.6 is 0 Å². The number of aromatic nitrogens is 4. The molecule has 5 heterocycles. The van der Waals surface area contributed by atoms with Gasteiger partial charge in [0.2, 0.25) is 27.7 Å². The van der Waals surface area contributed by atoms with Crippen LogP contribution in [0.2, 0.25) is 0 Å². The number of amides is 4. The number of carbonyl (C=O) groups excluding carboxylic acids is 4. The minimum atomic E-state index is -3.91. The van der Waals surface area contributed by atoms with E-state index in [0.29, 0.717) is 60.4 Å². The van der Waals surface area contributed by atoms with E-state index in [0.717, 1.165) is 43.9 Å². The van der Waals surface area contributed by atoms with Crippen LogP contribution in [0.4, 0.5) is 4.79 Å². The van der Waals surface area contributed by atoms with Gasteiger partial charge in [-0.3, -0.25) is 19.1 Å². The molecule has 312 valence electrons. The molecule has 5 aliphatic rings. The van der Waals surface area contributed by atoms with Crippen molar-refractivity contribution in [1.82, 2.24) is 40.0 Å². The summed E-state index contributed by atoms with van der Waals surface area (Å²) >= 11 is 0. The summed E-state index contributed by atoms with van der Waals surface area (Å²) in [6.07, 6.45) is 9.94. The second-order valence-corrected chi connectivity index (χ2v) is 18.5. The van der Waals surface area contributed by atoms with Gasteiger partial charge in [0.1, 0.15) is 47.0 Å². The van der Waals surface area contributed by atoms with Crippen LogP contribution in [0, 0.1) is 12.8 Å². The molecule has 3 saturated carbocycles. The van der Waals surface area contributed by atoms with Crippen molar-refractivity contribution < 1.29 is 41.6 Å². The van der Waals surface area contributed by atoms with Crippen molar-refractivity contribution in [2.24, 2.45) is 5.92 Å². The van der Waals surface area contributed by atoms with Gasteiger partial charge < -0.3 is 29.5 Å². The van der Waals surface area contributed by atoms with E-state index >= 15 is 0 Å². The molecule has 0 unspecified atom stereocenters. The van der Waals surface area contributed by atoms with E-state index in [4.69, 9.17) is 24.1 Å². The van der Waals surface area contributed by atoms with Gasteiger partial charge >= 0.3 is 6.09 Å². The first-order chi connectivity index (χ1) is 28.5. The first kappa shape index (κ1) is 39.0. The molecule has 0 bridgehead atoms. The summed E-state index contributed by atoms with van der Waals surface area (Å²) in [5.74, 6) is -1.49. The van der Waals surface area contributed by atoms with Crippen molar-refractivity contribution in [2.45, 2.75) is 125 Å². The first-order valence-corrected chi connectivity index (χ1v) is 22.2. The quantitative estimate of drug-likeness (QED) is 0.213. The van der Waals surface area contributed by atoms with Crippen molar-refractivity contribution in [3.63, 3.8) is 0 Å². The third kappa shape index (κ3) is 7.98. The molecule has 3 aromatic heterocycles. The molecule has 59 heavy (non-hydrogen) atoms. The molecule has 3 N–H and O–H groups in total. The maximum Gasteiger partial charge on any atom is 0.408 e. The number of rotatable bonds is 8. The monoisotopic (exact) mass is 828 g/mol. The zero-order valence-electron chi connectivity index (χ0n) is 32.8. The van der Waals surface area contributed by atoms with E-state index in [1.165, 1.54) is 4.90 Å². The predicted octanol–water partition coefficient (Wildman–Crippen LogP) is 4.24. The number of ether oxygens (including phenoxy) is 2. The normalized spacial score (nSPS) is 27.3. The number of nitrogens with zero attached hydrogens (tertiary/aromatic N) is 5. The predicted molar refractivity (Wildman–Crippen MR) is 212 cm³/mol. The van der Waals surface area contributed by atoms with Crippen molar-refractivity contribution in [3.8, 4) is 17.3 Å². The van der Waals surface area contributed by atoms with E-state index in [9.17, 15) is 27.6 Å². The molecule has 1 aromatic carbocycles. The zero-order chi connectivity index (χ0) is 40.9. The van der Waals surface area contributed by atoms with Crippen LogP contribution in [0.25, 0.3) is 27.9 Å². The summed E-state index contributed by atoms with van der Waals surface area (Å²) in [6.45, 7) is 1.73. The maximum absolute atomic E-state index is 14.7. The maximum atomic E-state index is 14.7. The Morgan fingerprint density at radius 1 is 0.983 bits per heavy atom. The number of hydrogen-bond donors (Lipinski definition) is 3.